The van der Waals surface area contributed by atoms with Crippen molar-refractivity contribution in [1.29, 1.82) is 0 Å². The SMILES string of the molecule is CCN(CC)c1ccc(NC2=C(c3ccccc3)C(=O)N(Cc3ccccc3Cl)C2=O)cc1. The Bertz CT molecular complexity index is 1190. The van der Waals surface area contributed by atoms with Crippen molar-refractivity contribution in [2.45, 2.75) is 20.4 Å². The summed E-state index contributed by atoms with van der Waals surface area (Å²) in [7, 11) is 0. The molecule has 0 saturated carbocycles. The van der Waals surface area contributed by atoms with Crippen LogP contribution in [-0.2, 0) is 16.1 Å². The molecule has 0 bridgehead atoms. The number of hydrogen-bond acceptors (Lipinski definition) is 4. The first-order valence-corrected chi connectivity index (χ1v) is 11.4. The summed E-state index contributed by atoms with van der Waals surface area (Å²) in [5.74, 6) is -0.708. The lowest BCUT2D eigenvalue weighted by Crippen LogP contribution is -2.32. The summed E-state index contributed by atoms with van der Waals surface area (Å²) in [5, 5.41) is 3.74. The lowest BCUT2D eigenvalue weighted by atomic mass is 10.0. The molecule has 33 heavy (non-hydrogen) atoms. The van der Waals surface area contributed by atoms with Gasteiger partial charge in [0, 0.05) is 29.5 Å². The molecule has 0 saturated heterocycles. The third-order valence-corrected chi connectivity index (χ3v) is 6.15. The fourth-order valence-corrected chi connectivity index (χ4v) is 4.19. The summed E-state index contributed by atoms with van der Waals surface area (Å²) in [6.07, 6.45) is 0. The third-order valence-electron chi connectivity index (χ3n) is 5.78. The molecule has 3 aromatic carbocycles. The average Bonchev–Trinajstić information content (AvgIpc) is 3.07. The fourth-order valence-electron chi connectivity index (χ4n) is 3.99. The highest BCUT2D eigenvalue weighted by Crippen LogP contribution is 2.32. The van der Waals surface area contributed by atoms with Crippen LogP contribution in [0.15, 0.2) is 84.6 Å². The molecule has 0 aliphatic carbocycles. The molecule has 6 heteroatoms. The van der Waals surface area contributed by atoms with Crippen LogP contribution in [-0.4, -0.2) is 29.8 Å². The van der Waals surface area contributed by atoms with Crippen molar-refractivity contribution >= 4 is 40.4 Å². The summed E-state index contributed by atoms with van der Waals surface area (Å²) in [6.45, 7) is 6.17. The van der Waals surface area contributed by atoms with E-state index in [0.29, 0.717) is 16.2 Å². The largest absolute Gasteiger partial charge is 0.372 e. The van der Waals surface area contributed by atoms with Crippen molar-refractivity contribution in [2.75, 3.05) is 23.3 Å². The number of carbonyl (C=O) groups excluding carboxylic acids is 2. The molecular weight excluding hydrogens is 434 g/mol. The Labute approximate surface area is 199 Å². The molecule has 5 nitrogen and oxygen atoms in total. The van der Waals surface area contributed by atoms with Crippen LogP contribution in [0.25, 0.3) is 5.57 Å². The molecule has 1 heterocycles. The highest BCUT2D eigenvalue weighted by molar-refractivity contribution is 6.36. The first kappa shape index (κ1) is 22.6. The molecule has 1 aliphatic rings. The topological polar surface area (TPSA) is 52.7 Å². The molecule has 0 aromatic heterocycles. The van der Waals surface area contributed by atoms with E-state index in [-0.39, 0.29) is 24.1 Å². The zero-order valence-corrected chi connectivity index (χ0v) is 19.5. The van der Waals surface area contributed by atoms with Gasteiger partial charge in [0.25, 0.3) is 11.8 Å². The Balaban J connectivity index is 1.68. The number of rotatable bonds is 8. The molecule has 4 rings (SSSR count). The number of halogens is 1. The number of nitrogens with zero attached hydrogens (tertiary/aromatic N) is 2. The predicted octanol–water partition coefficient (Wildman–Crippen LogP) is 5.58. The van der Waals surface area contributed by atoms with Crippen LogP contribution < -0.4 is 10.2 Å². The lowest BCUT2D eigenvalue weighted by Gasteiger charge is -2.21. The molecule has 0 radical (unpaired) electrons. The summed E-state index contributed by atoms with van der Waals surface area (Å²) in [4.78, 5) is 30.3. The quantitative estimate of drug-likeness (QED) is 0.447. The maximum absolute atomic E-state index is 13.4. The number of nitrogens with one attached hydrogen (secondary N) is 1. The van der Waals surface area contributed by atoms with Crippen molar-refractivity contribution in [3.63, 3.8) is 0 Å². The van der Waals surface area contributed by atoms with E-state index in [1.807, 2.05) is 72.8 Å². The van der Waals surface area contributed by atoms with E-state index in [9.17, 15) is 9.59 Å². The molecule has 0 unspecified atom stereocenters. The third kappa shape index (κ3) is 4.64. The number of benzene rings is 3. The van der Waals surface area contributed by atoms with Gasteiger partial charge in [0.05, 0.1) is 12.1 Å². The number of amides is 2. The van der Waals surface area contributed by atoms with Gasteiger partial charge in [-0.25, -0.2) is 0 Å². The molecule has 0 spiro atoms. The van der Waals surface area contributed by atoms with Crippen LogP contribution in [0.2, 0.25) is 5.02 Å². The van der Waals surface area contributed by atoms with Crippen LogP contribution in [0.1, 0.15) is 25.0 Å². The van der Waals surface area contributed by atoms with Crippen molar-refractivity contribution < 1.29 is 9.59 Å². The first-order chi connectivity index (χ1) is 16.0. The highest BCUT2D eigenvalue weighted by atomic mass is 35.5. The van der Waals surface area contributed by atoms with Crippen molar-refractivity contribution in [3.8, 4) is 0 Å². The van der Waals surface area contributed by atoms with Crippen LogP contribution in [0.5, 0.6) is 0 Å². The van der Waals surface area contributed by atoms with E-state index < -0.39 is 0 Å². The van der Waals surface area contributed by atoms with Crippen molar-refractivity contribution in [1.82, 2.24) is 4.90 Å². The zero-order chi connectivity index (χ0) is 23.4. The Morgan fingerprint density at radius 1 is 0.818 bits per heavy atom. The molecule has 168 valence electrons. The Morgan fingerprint density at radius 3 is 2.09 bits per heavy atom. The van der Waals surface area contributed by atoms with E-state index in [4.69, 9.17) is 11.6 Å². The zero-order valence-electron chi connectivity index (χ0n) is 18.7. The van der Waals surface area contributed by atoms with Crippen molar-refractivity contribution in [3.05, 3.63) is 101 Å². The second-order valence-corrected chi connectivity index (χ2v) is 8.16. The number of anilines is 2. The Morgan fingerprint density at radius 2 is 1.45 bits per heavy atom. The number of hydrogen-bond donors (Lipinski definition) is 1. The van der Waals surface area contributed by atoms with Crippen LogP contribution in [0, 0.1) is 0 Å². The summed E-state index contributed by atoms with van der Waals surface area (Å²) >= 11 is 6.30. The predicted molar refractivity (Wildman–Crippen MR) is 134 cm³/mol. The normalized spacial score (nSPS) is 13.6. The molecule has 2 amide bonds. The minimum absolute atomic E-state index is 0.111. The van der Waals surface area contributed by atoms with Gasteiger partial charge in [-0.3, -0.25) is 14.5 Å². The standard InChI is InChI=1S/C27H26ClN3O2/c1-3-30(4-2)22-16-14-21(15-17-22)29-25-24(19-10-6-5-7-11-19)26(32)31(27(25)33)18-20-12-8-9-13-23(20)28/h5-17,29H,3-4,18H2,1-2H3. The second-order valence-electron chi connectivity index (χ2n) is 7.75. The van der Waals surface area contributed by atoms with E-state index in [1.54, 1.807) is 6.07 Å². The van der Waals surface area contributed by atoms with E-state index >= 15 is 0 Å². The Kier molecular flexibility index (Phi) is 6.80. The maximum Gasteiger partial charge on any atom is 0.278 e. The minimum atomic E-state index is -0.369. The van der Waals surface area contributed by atoms with Crippen molar-refractivity contribution in [2.24, 2.45) is 0 Å². The van der Waals surface area contributed by atoms with E-state index in [2.05, 4.69) is 24.1 Å². The van der Waals surface area contributed by atoms with E-state index in [1.165, 1.54) is 4.90 Å². The smallest absolute Gasteiger partial charge is 0.278 e. The maximum atomic E-state index is 13.4. The van der Waals surface area contributed by atoms with Crippen LogP contribution in [0.4, 0.5) is 11.4 Å². The van der Waals surface area contributed by atoms with Gasteiger partial charge in [0.2, 0.25) is 0 Å². The average molecular weight is 460 g/mol. The Hall–Kier alpha value is -3.57. The minimum Gasteiger partial charge on any atom is -0.372 e. The summed E-state index contributed by atoms with van der Waals surface area (Å²) in [6, 6.07) is 24.4. The molecule has 0 fully saturated rings. The molecule has 1 aliphatic heterocycles. The van der Waals surface area contributed by atoms with Gasteiger partial charge < -0.3 is 10.2 Å². The number of imide groups is 1. The van der Waals surface area contributed by atoms with Gasteiger partial charge in [0.15, 0.2) is 0 Å². The first-order valence-electron chi connectivity index (χ1n) is 11.0. The fraction of sp³-hybridized carbons (Fsp3) is 0.185. The van der Waals surface area contributed by atoms with Gasteiger partial charge >= 0.3 is 0 Å². The highest BCUT2D eigenvalue weighted by Gasteiger charge is 2.39. The van der Waals surface area contributed by atoms with Gasteiger partial charge in [-0.15, -0.1) is 0 Å². The molecule has 3 aromatic rings. The van der Waals surface area contributed by atoms with Gasteiger partial charge in [-0.05, 0) is 55.3 Å². The second kappa shape index (κ2) is 9.92. The molecule has 0 atom stereocenters. The summed E-state index contributed by atoms with van der Waals surface area (Å²) < 4.78 is 0. The molecule has 1 N–H and O–H groups in total. The van der Waals surface area contributed by atoms with Crippen LogP contribution in [0.3, 0.4) is 0 Å². The number of carbonyl (C=O) groups is 2. The van der Waals surface area contributed by atoms with Crippen LogP contribution >= 0.6 is 11.6 Å². The summed E-state index contributed by atoms with van der Waals surface area (Å²) in [5.41, 5.74) is 3.90. The van der Waals surface area contributed by atoms with E-state index in [0.717, 1.165) is 30.0 Å². The molecular formula is C27H26ClN3O2. The van der Waals surface area contributed by atoms with Gasteiger partial charge in [-0.1, -0.05) is 60.1 Å². The monoisotopic (exact) mass is 459 g/mol. The lowest BCUT2D eigenvalue weighted by molar-refractivity contribution is -0.137. The van der Waals surface area contributed by atoms with Gasteiger partial charge in [0.1, 0.15) is 5.70 Å². The van der Waals surface area contributed by atoms with Gasteiger partial charge in [-0.2, -0.15) is 0 Å².